The van der Waals surface area contributed by atoms with Crippen molar-refractivity contribution in [2.24, 2.45) is 374 Å². The Bertz CT molecular complexity index is 3730. The van der Waals surface area contributed by atoms with Crippen LogP contribution in [0.1, 0.15) is 25.7 Å². The van der Waals surface area contributed by atoms with Crippen LogP contribution in [-0.2, 0) is 0 Å². The summed E-state index contributed by atoms with van der Waals surface area (Å²) in [6.07, 6.45) is 7.08. The number of rotatable bonds is 0. The van der Waals surface area contributed by atoms with Gasteiger partial charge < -0.3 is 0 Å². The van der Waals surface area contributed by atoms with E-state index in [1.54, 1.807) is 25.7 Å². The molecule has 0 heteroatoms. The lowest BCUT2D eigenvalue weighted by molar-refractivity contribution is -0.962. The van der Waals surface area contributed by atoms with Crippen LogP contribution in [0.3, 0.4) is 0 Å². The first kappa shape index (κ1) is 25.4. The van der Waals surface area contributed by atoms with Crippen molar-refractivity contribution in [2.45, 2.75) is 25.7 Å². The van der Waals surface area contributed by atoms with E-state index in [9.17, 15) is 0 Å². The molecule has 0 heterocycles. The normalized spacial score (nSPS) is 129. The molecule has 44 fully saturated rings. The summed E-state index contributed by atoms with van der Waals surface area (Å²) in [6, 6.07) is 0. The molecule has 44 saturated carbocycles. The van der Waals surface area contributed by atoms with E-state index < -0.39 is 0 Å². The molecule has 69 heavy (non-hydrogen) atoms. The predicted octanol–water partition coefficient (Wildman–Crippen LogP) is 6.97. The Morgan fingerprint density at radius 1 is 0.130 bits per heavy atom. The number of fused-ring (bicyclic) bond motifs is 40. The van der Waals surface area contributed by atoms with Gasteiger partial charge in [-0.25, -0.2) is 0 Å². The van der Waals surface area contributed by atoms with E-state index in [0.29, 0.717) is 0 Å². The summed E-state index contributed by atoms with van der Waals surface area (Å²) in [7, 11) is 0. The molecule has 21 spiro atoms. The molecule has 0 saturated heterocycles. The van der Waals surface area contributed by atoms with Crippen LogP contribution in [0.15, 0.2) is 0 Å². The molecular formula is C69H52. The van der Waals surface area contributed by atoms with E-state index >= 15 is 0 Å². The second kappa shape index (κ2) is 4.45. The SMILES string of the molecule is C1C2CC3C4C5C6C7C8C9C%10C%11C%12C%13C%14C%15C%16C%17C%18C%19C%20C%21C%22C%23CC%24CC%25C%26C%27C%28C%29C%30C%31C%32C%33C%34C%35C%36C%37C%38C%39C%40C%41C%42C%43C%44C1C23C%444C%435C%426C%417C%408C%399C%38%10C%37%11C%36%12C%35%13C%34%14C%33%15C%32%16C%31%17C%30%18C%29%19C%28%20C%27%21C%26%22C%24%25%23. The van der Waals surface area contributed by atoms with Crippen LogP contribution >= 0.6 is 0 Å². The van der Waals surface area contributed by atoms with E-state index in [-0.39, 0.29) is 0 Å². The van der Waals surface area contributed by atoms with Gasteiger partial charge in [-0.05, 0) is 400 Å². The molecule has 0 N–H and O–H groups in total. The molecule has 0 radical (unpaired) electrons. The minimum Gasteiger partial charge on any atom is -0.0461 e. The minimum absolute atomic E-state index is 1.07. The lowest BCUT2D eigenvalue weighted by Gasteiger charge is -3.41. The van der Waals surface area contributed by atoms with Crippen molar-refractivity contribution in [3.05, 3.63) is 0 Å². The smallest absolute Gasteiger partial charge is 0.00932 e. The van der Waals surface area contributed by atoms with Crippen LogP contribution in [0.4, 0.5) is 0 Å². The van der Waals surface area contributed by atoms with Gasteiger partial charge in [0.15, 0.2) is 0 Å². The van der Waals surface area contributed by atoms with Crippen LogP contribution in [0, 0.1) is 374 Å². The van der Waals surface area contributed by atoms with Gasteiger partial charge in [-0.15, -0.1) is 0 Å². The molecule has 0 aromatic rings. The molecule has 44 aliphatic carbocycles. The molecule has 0 nitrogen and oxygen atoms in total. The molecule has 0 aliphatic heterocycles. The van der Waals surface area contributed by atoms with Gasteiger partial charge in [-0.3, -0.25) is 0 Å². The zero-order chi connectivity index (χ0) is 38.7. The van der Waals surface area contributed by atoms with E-state index in [1.807, 2.05) is 0 Å². The van der Waals surface area contributed by atoms with Gasteiger partial charge in [0.05, 0.1) is 0 Å². The van der Waals surface area contributed by atoms with Gasteiger partial charge in [0.1, 0.15) is 0 Å². The van der Waals surface area contributed by atoms with Gasteiger partial charge in [0.2, 0.25) is 0 Å². The third-order valence-corrected chi connectivity index (χ3v) is 55.4. The lowest BCUT2D eigenvalue weighted by atomic mass is 8.62. The van der Waals surface area contributed by atoms with Crippen molar-refractivity contribution in [1.29, 1.82) is 0 Å². The highest BCUT2D eigenvalue weighted by Crippen LogP contribution is 3.45. The summed E-state index contributed by atoms with van der Waals surface area (Å²) in [5.41, 5.74) is 23.0. The van der Waals surface area contributed by atoms with Crippen molar-refractivity contribution in [2.75, 3.05) is 0 Å². The van der Waals surface area contributed by atoms with Crippen molar-refractivity contribution in [3.63, 3.8) is 0 Å². The van der Waals surface area contributed by atoms with Gasteiger partial charge in [-0.2, -0.15) is 0 Å². The van der Waals surface area contributed by atoms with E-state index in [0.717, 1.165) is 114 Å². The first-order valence-corrected chi connectivity index (χ1v) is 34.3. The first-order valence-electron chi connectivity index (χ1n) is 34.3. The zero-order valence-electron chi connectivity index (χ0n) is 38.7. The first-order chi connectivity index (χ1) is 34.3. The molecule has 328 valence electrons. The third-order valence-electron chi connectivity index (χ3n) is 55.4. The highest BCUT2D eigenvalue weighted by Gasteiger charge is 3.43. The number of hydrogen-bond acceptors (Lipinski definition) is 0. The summed E-state index contributed by atoms with van der Waals surface area (Å²) in [4.78, 5) is 0. The molecule has 44 aliphatic rings. The highest BCUT2D eigenvalue weighted by atomic mass is 15.5. The Hall–Kier alpha value is 0. The molecule has 40 atom stereocenters. The Labute approximate surface area is 397 Å². The van der Waals surface area contributed by atoms with Crippen LogP contribution < -0.4 is 0 Å². The van der Waals surface area contributed by atoms with E-state index in [2.05, 4.69) is 0 Å². The molecule has 0 aromatic carbocycles. The third kappa shape index (κ3) is 0.771. The zero-order valence-corrected chi connectivity index (χ0v) is 38.7. The Morgan fingerprint density at radius 2 is 0.246 bits per heavy atom. The van der Waals surface area contributed by atoms with Crippen molar-refractivity contribution in [3.8, 4) is 0 Å². The largest absolute Gasteiger partial charge is 0.0461 e. The summed E-state index contributed by atoms with van der Waals surface area (Å²) >= 11 is 0. The second-order valence-electron chi connectivity index (χ2n) is 43.1. The maximum absolute atomic E-state index is 1.77. The molecule has 0 bridgehead atoms. The lowest BCUT2D eigenvalue weighted by Crippen LogP contribution is -3.39. The summed E-state index contributed by atoms with van der Waals surface area (Å²) < 4.78 is 0. The maximum atomic E-state index is 1.77. The average Bonchev–Trinajstić information content (AvgIpc) is 3.27. The molecule has 0 aromatic heterocycles. The topological polar surface area (TPSA) is 0 Å². The van der Waals surface area contributed by atoms with Crippen molar-refractivity contribution in [1.82, 2.24) is 0 Å². The molecular weight excluding hydrogens is 829 g/mol. The van der Waals surface area contributed by atoms with Crippen LogP contribution in [0.2, 0.25) is 0 Å². The summed E-state index contributed by atoms with van der Waals surface area (Å²) in [5.74, 6) is 60.9. The molecule has 44 rings (SSSR count). The molecule has 0 amide bonds. The monoisotopic (exact) mass is 880 g/mol. The Morgan fingerprint density at radius 3 is 0.377 bits per heavy atom. The van der Waals surface area contributed by atoms with Gasteiger partial charge in [0, 0.05) is 0 Å². The molecule has 40 unspecified atom stereocenters. The van der Waals surface area contributed by atoms with Gasteiger partial charge in [-0.1, -0.05) is 0 Å². The van der Waals surface area contributed by atoms with Crippen molar-refractivity contribution < 1.29 is 0 Å². The highest BCUT2D eigenvalue weighted by molar-refractivity contribution is 5.88. The average molecular weight is 881 g/mol. The van der Waals surface area contributed by atoms with Crippen LogP contribution in [0.5, 0.6) is 0 Å². The van der Waals surface area contributed by atoms with E-state index in [1.165, 1.54) is 260 Å². The van der Waals surface area contributed by atoms with Gasteiger partial charge >= 0.3 is 0 Å². The maximum Gasteiger partial charge on any atom is -0.00932 e. The minimum atomic E-state index is 1.07. The fraction of sp³-hybridized carbons (Fsp3) is 1.00. The van der Waals surface area contributed by atoms with E-state index in [4.69, 9.17) is 0 Å². The fourth-order valence-electron chi connectivity index (χ4n) is 66.0. The fourth-order valence-corrected chi connectivity index (χ4v) is 66.0. The summed E-state index contributed by atoms with van der Waals surface area (Å²) in [5, 5.41) is 0. The Kier molecular flexibility index (Phi) is 1.64. The standard InChI is InChI=1S/C69H52/c1-5-2-8-12-16-20-24-28-32-36-40-44-48-46-42-38-34-30-26-22-18-14-10-4-6-3-9-13-17-21-25-29-33-37-41-45-47-43-39-35-31-27-23-19-15-11-7(1)49(5,8)51(11,12)53(15,16)55(19,20)57(23,24)59(27,28)61(31,32)63(35,36)65(39,40)67(43,44)69(47,48)68(45,46)66(41,42)64(37,38)62(33,34)60(29,30)58(25,26)56(21,22)54(17,18)52(13,14)50(6,9)10/h5-48H,1-4H2. The van der Waals surface area contributed by atoms with Gasteiger partial charge in [0.25, 0.3) is 0 Å². The van der Waals surface area contributed by atoms with Crippen molar-refractivity contribution >= 4 is 0 Å². The Balaban J connectivity index is 0.496. The van der Waals surface area contributed by atoms with Crippen LogP contribution in [-0.4, -0.2) is 0 Å². The number of hydrogen-bond donors (Lipinski definition) is 0. The van der Waals surface area contributed by atoms with Crippen LogP contribution in [0.25, 0.3) is 0 Å². The quantitative estimate of drug-likeness (QED) is 0.247. The predicted molar refractivity (Wildman–Crippen MR) is 223 cm³/mol. The second-order valence-corrected chi connectivity index (χ2v) is 43.1. The summed E-state index contributed by atoms with van der Waals surface area (Å²) in [6.45, 7) is 0.